The molecule has 1 fully saturated rings. The quantitative estimate of drug-likeness (QED) is 0.463. The Morgan fingerprint density at radius 3 is 2.60 bits per heavy atom. The average Bonchev–Trinajstić information content (AvgIpc) is 3.06. The van der Waals surface area contributed by atoms with E-state index in [2.05, 4.69) is 14.9 Å². The fourth-order valence-electron chi connectivity index (χ4n) is 3.19. The fourth-order valence-corrected chi connectivity index (χ4v) is 3.19. The monoisotopic (exact) mass is 344 g/mol. The van der Waals surface area contributed by atoms with E-state index in [1.54, 1.807) is 12.3 Å². The van der Waals surface area contributed by atoms with Crippen molar-refractivity contribution < 1.29 is 14.5 Å². The van der Waals surface area contributed by atoms with Crippen molar-refractivity contribution in [3.63, 3.8) is 0 Å². The zero-order chi connectivity index (χ0) is 18.0. The van der Waals surface area contributed by atoms with Crippen molar-refractivity contribution in [2.45, 2.75) is 25.9 Å². The van der Waals surface area contributed by atoms with Gasteiger partial charge in [0.25, 0.3) is 0 Å². The van der Waals surface area contributed by atoms with E-state index < -0.39 is 4.92 Å². The molecule has 132 valence electrons. The molecular weight excluding hydrogens is 324 g/mol. The largest absolute Gasteiger partial charge is 0.490 e. The van der Waals surface area contributed by atoms with Crippen molar-refractivity contribution in [2.75, 3.05) is 25.1 Å². The highest BCUT2D eigenvalue weighted by molar-refractivity contribution is 6.40. The van der Waals surface area contributed by atoms with Crippen molar-refractivity contribution in [3.8, 4) is 5.75 Å². The van der Waals surface area contributed by atoms with Crippen LogP contribution in [0.3, 0.4) is 0 Å². The smallest absolute Gasteiger partial charge is 0.311 e. The number of anilines is 1. The number of aliphatic imine (C=N–C) groups is 2. The molecule has 1 atom stereocenters. The summed E-state index contributed by atoms with van der Waals surface area (Å²) < 4.78 is 5.22. The molecule has 0 bridgehead atoms. The van der Waals surface area contributed by atoms with E-state index >= 15 is 0 Å². The molecule has 1 aromatic carbocycles. The highest BCUT2D eigenvalue weighted by atomic mass is 16.6. The molecule has 8 nitrogen and oxygen atoms in total. The maximum absolute atomic E-state index is 11.4. The second-order valence-corrected chi connectivity index (χ2v) is 6.18. The van der Waals surface area contributed by atoms with Gasteiger partial charge in [-0.1, -0.05) is 0 Å². The average molecular weight is 344 g/mol. The fraction of sp³-hybridized carbons (Fsp3) is 0.471. The zero-order valence-electron chi connectivity index (χ0n) is 14.2. The van der Waals surface area contributed by atoms with Crippen LogP contribution in [0.1, 0.15) is 25.3 Å². The number of carbonyl (C=O) groups is 1. The Hall–Kier alpha value is -2.77. The van der Waals surface area contributed by atoms with Crippen LogP contribution in [0.4, 0.5) is 11.4 Å². The molecule has 0 N–H and O–H groups in total. The maximum Gasteiger partial charge on any atom is 0.311 e. The number of rotatable bonds is 5. The van der Waals surface area contributed by atoms with E-state index in [1.807, 2.05) is 6.92 Å². The van der Waals surface area contributed by atoms with Crippen LogP contribution in [-0.4, -0.2) is 49.5 Å². The van der Waals surface area contributed by atoms with E-state index in [0.717, 1.165) is 24.8 Å². The van der Waals surface area contributed by atoms with Crippen LogP contribution in [-0.2, 0) is 4.79 Å². The lowest BCUT2D eigenvalue weighted by Crippen LogP contribution is -2.35. The second-order valence-electron chi connectivity index (χ2n) is 6.18. The van der Waals surface area contributed by atoms with Crippen molar-refractivity contribution in [3.05, 3.63) is 27.8 Å². The van der Waals surface area contributed by atoms with Crippen LogP contribution in [0.25, 0.3) is 0 Å². The zero-order valence-corrected chi connectivity index (χ0v) is 14.2. The van der Waals surface area contributed by atoms with E-state index in [4.69, 9.17) is 4.74 Å². The third-order valence-corrected chi connectivity index (χ3v) is 4.58. The van der Waals surface area contributed by atoms with Gasteiger partial charge in [-0.3, -0.25) is 20.1 Å². The molecule has 8 heteroatoms. The molecule has 3 rings (SSSR count). The summed E-state index contributed by atoms with van der Waals surface area (Å²) in [6.07, 6.45) is 3.99. The molecule has 0 amide bonds. The van der Waals surface area contributed by atoms with Gasteiger partial charge in [0.1, 0.15) is 12.5 Å². The first-order valence-electron chi connectivity index (χ1n) is 8.21. The first-order valence-corrected chi connectivity index (χ1v) is 8.21. The molecule has 1 unspecified atom stereocenters. The minimum absolute atomic E-state index is 0.0741. The molecule has 25 heavy (non-hydrogen) atoms. The van der Waals surface area contributed by atoms with Gasteiger partial charge in [0.2, 0.25) is 0 Å². The van der Waals surface area contributed by atoms with Crippen LogP contribution in [0.2, 0.25) is 0 Å². The third-order valence-electron chi connectivity index (χ3n) is 4.58. The summed E-state index contributed by atoms with van der Waals surface area (Å²) in [6, 6.07) is 3.19. The standard InChI is InChI=1S/C17H20N4O4/c1-11-18-9-14(19-11)13-7-16(21(23)24)17(25-2)8-15(13)20-5-3-12(10-22)4-6-20/h7-12H,3-6H2,1-2H3. The summed E-state index contributed by atoms with van der Waals surface area (Å²) in [5.41, 5.74) is 2.03. The summed E-state index contributed by atoms with van der Waals surface area (Å²) in [7, 11) is 1.42. The highest BCUT2D eigenvalue weighted by Crippen LogP contribution is 2.37. The van der Waals surface area contributed by atoms with Crippen molar-refractivity contribution in [1.82, 2.24) is 0 Å². The molecule has 0 aliphatic carbocycles. The van der Waals surface area contributed by atoms with Crippen LogP contribution < -0.4 is 9.64 Å². The molecule has 1 saturated heterocycles. The number of aldehydes is 1. The summed E-state index contributed by atoms with van der Waals surface area (Å²) in [5, 5.41) is 11.4. The van der Waals surface area contributed by atoms with Crippen molar-refractivity contribution in [1.29, 1.82) is 0 Å². The van der Waals surface area contributed by atoms with Gasteiger partial charge in [0, 0.05) is 42.9 Å². The van der Waals surface area contributed by atoms with Gasteiger partial charge in [-0.05, 0) is 19.8 Å². The number of carbonyl (C=O) groups excluding carboxylic acids is 1. The van der Waals surface area contributed by atoms with Crippen LogP contribution >= 0.6 is 0 Å². The first-order chi connectivity index (χ1) is 12.0. The molecule has 2 heterocycles. The van der Waals surface area contributed by atoms with Crippen molar-refractivity contribution in [2.24, 2.45) is 15.9 Å². The number of benzene rings is 1. The van der Waals surface area contributed by atoms with E-state index in [9.17, 15) is 14.9 Å². The molecule has 2 aliphatic heterocycles. The number of nitro benzene ring substituents is 1. The summed E-state index contributed by atoms with van der Waals surface area (Å²) in [4.78, 5) is 32.7. The minimum Gasteiger partial charge on any atom is -0.490 e. The number of hydrogen-bond donors (Lipinski definition) is 0. The number of hydrogen-bond acceptors (Lipinski definition) is 7. The molecule has 0 radical (unpaired) electrons. The van der Waals surface area contributed by atoms with Crippen LogP contribution in [0, 0.1) is 16.0 Å². The minimum atomic E-state index is -0.458. The topological polar surface area (TPSA) is 97.4 Å². The predicted octanol–water partition coefficient (Wildman–Crippen LogP) is 2.24. The highest BCUT2D eigenvalue weighted by Gasteiger charge is 2.27. The Balaban J connectivity index is 2.06. The Morgan fingerprint density at radius 2 is 2.08 bits per heavy atom. The lowest BCUT2D eigenvalue weighted by atomic mass is 9.96. The number of ether oxygens (including phenoxy) is 1. The molecule has 0 spiro atoms. The van der Waals surface area contributed by atoms with Gasteiger partial charge >= 0.3 is 5.69 Å². The van der Waals surface area contributed by atoms with Gasteiger partial charge < -0.3 is 14.4 Å². The lowest BCUT2D eigenvalue weighted by Gasteiger charge is -2.33. The van der Waals surface area contributed by atoms with Crippen molar-refractivity contribution >= 4 is 29.6 Å². The normalized spacial score (nSPS) is 20.5. The van der Waals surface area contributed by atoms with Gasteiger partial charge in [-0.15, -0.1) is 0 Å². The van der Waals surface area contributed by atoms with E-state index in [1.165, 1.54) is 13.2 Å². The Morgan fingerprint density at radius 1 is 1.36 bits per heavy atom. The predicted molar refractivity (Wildman–Crippen MR) is 95.1 cm³/mol. The van der Waals surface area contributed by atoms with E-state index in [0.29, 0.717) is 24.4 Å². The van der Waals surface area contributed by atoms with Gasteiger partial charge in [-0.2, -0.15) is 0 Å². The molecule has 2 aliphatic rings. The van der Waals surface area contributed by atoms with E-state index in [-0.39, 0.29) is 23.5 Å². The Bertz CT molecular complexity index is 751. The summed E-state index contributed by atoms with van der Waals surface area (Å²) in [6.45, 7) is 3.27. The third kappa shape index (κ3) is 3.38. The lowest BCUT2D eigenvalue weighted by molar-refractivity contribution is -0.385. The Labute approximate surface area is 145 Å². The van der Waals surface area contributed by atoms with Gasteiger partial charge in [0.05, 0.1) is 23.4 Å². The molecular formula is C17H20N4O4. The van der Waals surface area contributed by atoms with Gasteiger partial charge in [-0.25, -0.2) is 0 Å². The molecule has 0 aromatic heterocycles. The molecule has 1 aromatic rings. The summed E-state index contributed by atoms with van der Waals surface area (Å²) in [5.74, 6) is 0.287. The number of nitro groups is 1. The first kappa shape index (κ1) is 17.1. The molecule has 0 saturated carbocycles. The van der Waals surface area contributed by atoms with Crippen LogP contribution in [0.5, 0.6) is 5.75 Å². The maximum atomic E-state index is 11.4. The second kappa shape index (κ2) is 7.00. The number of piperidine rings is 1. The number of nitrogens with zero attached hydrogens (tertiary/aromatic N) is 4. The SMILES string of the molecule is COc1cc(N2CCC(C=O)CC2)c(C2=NC(C)N=C2)cc1[N+](=O)[O-]. The van der Waals surface area contributed by atoms with Gasteiger partial charge in [0.15, 0.2) is 5.75 Å². The van der Waals surface area contributed by atoms with Crippen LogP contribution in [0.15, 0.2) is 22.1 Å². The summed E-state index contributed by atoms with van der Waals surface area (Å²) >= 11 is 0. The Kier molecular flexibility index (Phi) is 4.78. The number of methoxy groups -OCH3 is 1.